The number of nitro groups is 1. The summed E-state index contributed by atoms with van der Waals surface area (Å²) in [5.41, 5.74) is 1.31. The number of non-ortho nitro benzene ring substituents is 1. The molecule has 0 amide bonds. The second-order valence-electron chi connectivity index (χ2n) is 4.06. The lowest BCUT2D eigenvalue weighted by Gasteiger charge is -2.29. The minimum Gasteiger partial charge on any atom is -0.392 e. The van der Waals surface area contributed by atoms with Crippen molar-refractivity contribution in [1.29, 1.82) is 0 Å². The smallest absolute Gasteiger partial charge is 0.269 e. The minimum atomic E-state index is -0.767. The first-order valence-corrected chi connectivity index (χ1v) is 7.08. The number of hydrogen-bond donors (Lipinski definition) is 1. The fourth-order valence-corrected chi connectivity index (χ4v) is 3.05. The van der Waals surface area contributed by atoms with Crippen LogP contribution in [0.4, 0.5) is 11.4 Å². The molecule has 0 bridgehead atoms. The van der Waals surface area contributed by atoms with Crippen LogP contribution in [0.3, 0.4) is 0 Å². The minimum absolute atomic E-state index is 0.0246. The van der Waals surface area contributed by atoms with Crippen LogP contribution in [-0.4, -0.2) is 38.8 Å². The largest absolute Gasteiger partial charge is 0.392 e. The summed E-state index contributed by atoms with van der Waals surface area (Å²) in [7, 11) is -0.767. The number of anilines is 1. The molecule has 1 aromatic carbocycles. The van der Waals surface area contributed by atoms with Crippen LogP contribution in [0.2, 0.25) is 0 Å². The highest BCUT2D eigenvalue weighted by atomic mass is 32.2. The third kappa shape index (κ3) is 2.68. The number of benzene rings is 1. The molecule has 0 aliphatic carbocycles. The van der Waals surface area contributed by atoms with Crippen molar-refractivity contribution in [3.8, 4) is 0 Å². The van der Waals surface area contributed by atoms with Crippen LogP contribution in [0, 0.1) is 10.1 Å². The van der Waals surface area contributed by atoms with Crippen molar-refractivity contribution in [3.05, 3.63) is 33.9 Å². The van der Waals surface area contributed by atoms with Gasteiger partial charge >= 0.3 is 0 Å². The molecule has 1 N–H and O–H groups in total. The molecular formula is C11H14N2O4S. The molecule has 1 aliphatic rings. The number of hydrogen-bond acceptors (Lipinski definition) is 5. The van der Waals surface area contributed by atoms with Crippen LogP contribution in [0.5, 0.6) is 0 Å². The van der Waals surface area contributed by atoms with Crippen molar-refractivity contribution in [3.63, 3.8) is 0 Å². The van der Waals surface area contributed by atoms with Gasteiger partial charge in [-0.2, -0.15) is 0 Å². The normalized spacial score (nSPS) is 16.8. The van der Waals surface area contributed by atoms with Crippen molar-refractivity contribution in [2.75, 3.05) is 29.5 Å². The van der Waals surface area contributed by atoms with E-state index in [2.05, 4.69) is 0 Å². The summed E-state index contributed by atoms with van der Waals surface area (Å²) in [6, 6.07) is 4.47. The van der Waals surface area contributed by atoms with E-state index in [4.69, 9.17) is 0 Å². The van der Waals surface area contributed by atoms with Gasteiger partial charge in [-0.15, -0.1) is 0 Å². The maximum absolute atomic E-state index is 11.3. The third-order valence-electron chi connectivity index (χ3n) is 2.96. The Morgan fingerprint density at radius 1 is 1.39 bits per heavy atom. The molecule has 0 aromatic heterocycles. The van der Waals surface area contributed by atoms with E-state index in [0.717, 1.165) is 5.69 Å². The van der Waals surface area contributed by atoms with Crippen molar-refractivity contribution < 1.29 is 14.2 Å². The zero-order valence-corrected chi connectivity index (χ0v) is 10.6. The maximum atomic E-state index is 11.3. The Kier molecular flexibility index (Phi) is 3.93. The number of aliphatic hydroxyl groups is 1. The number of rotatable bonds is 3. The Morgan fingerprint density at radius 2 is 2.06 bits per heavy atom. The zero-order chi connectivity index (χ0) is 13.1. The van der Waals surface area contributed by atoms with Crippen LogP contribution >= 0.6 is 0 Å². The highest BCUT2D eigenvalue weighted by Gasteiger charge is 2.19. The Bertz CT molecular complexity index is 482. The summed E-state index contributed by atoms with van der Waals surface area (Å²) < 4.78 is 11.3. The van der Waals surface area contributed by atoms with Gasteiger partial charge in [0.15, 0.2) is 0 Å². The first kappa shape index (κ1) is 13.0. The molecule has 7 heteroatoms. The van der Waals surface area contributed by atoms with Gasteiger partial charge in [0.1, 0.15) is 0 Å². The number of aliphatic hydroxyl groups excluding tert-OH is 1. The van der Waals surface area contributed by atoms with Gasteiger partial charge in [-0.25, -0.2) is 0 Å². The summed E-state index contributed by atoms with van der Waals surface area (Å²) in [6.45, 7) is 1.06. The van der Waals surface area contributed by atoms with Gasteiger partial charge in [-0.3, -0.25) is 14.3 Å². The molecule has 1 aliphatic heterocycles. The van der Waals surface area contributed by atoms with Gasteiger partial charge < -0.3 is 10.0 Å². The van der Waals surface area contributed by atoms with Gasteiger partial charge in [0.05, 0.1) is 11.5 Å². The summed E-state index contributed by atoms with van der Waals surface area (Å²) in [5, 5.41) is 20.0. The molecule has 1 aromatic rings. The highest BCUT2D eigenvalue weighted by Crippen LogP contribution is 2.26. The molecular weight excluding hydrogens is 256 g/mol. The third-order valence-corrected chi connectivity index (χ3v) is 4.24. The fraction of sp³-hybridized carbons (Fsp3) is 0.455. The lowest BCUT2D eigenvalue weighted by Crippen LogP contribution is -2.38. The number of nitrogens with zero attached hydrogens (tertiary/aromatic N) is 2. The van der Waals surface area contributed by atoms with Crippen LogP contribution in [-0.2, 0) is 17.4 Å². The van der Waals surface area contributed by atoms with Crippen LogP contribution in [0.1, 0.15) is 5.56 Å². The standard InChI is InChI=1S/C11H14N2O4S/c14-8-9-7-10(13(15)16)1-2-11(9)12-3-5-18(17)6-4-12/h1-2,7,14H,3-6,8H2. The first-order valence-electron chi connectivity index (χ1n) is 5.60. The van der Waals surface area contributed by atoms with Crippen LogP contribution in [0.15, 0.2) is 18.2 Å². The zero-order valence-electron chi connectivity index (χ0n) is 9.74. The SMILES string of the molecule is O=[N+]([O-])c1ccc(N2CCS(=O)CC2)c(CO)c1. The molecule has 1 saturated heterocycles. The highest BCUT2D eigenvalue weighted by molar-refractivity contribution is 7.85. The molecule has 2 rings (SSSR count). The molecule has 0 spiro atoms. The molecule has 0 saturated carbocycles. The van der Waals surface area contributed by atoms with Gasteiger partial charge in [0, 0.05) is 58.8 Å². The van der Waals surface area contributed by atoms with E-state index in [1.165, 1.54) is 12.1 Å². The molecule has 18 heavy (non-hydrogen) atoms. The van der Waals surface area contributed by atoms with Gasteiger partial charge in [-0.1, -0.05) is 0 Å². The summed E-state index contributed by atoms with van der Waals surface area (Å²) >= 11 is 0. The lowest BCUT2D eigenvalue weighted by atomic mass is 10.1. The molecule has 0 atom stereocenters. The predicted octanol–water partition coefficient (Wildman–Crippen LogP) is 0.656. The molecule has 0 unspecified atom stereocenters. The molecule has 0 radical (unpaired) electrons. The fourth-order valence-electron chi connectivity index (χ4n) is 2.00. The molecule has 1 fully saturated rings. The van der Waals surface area contributed by atoms with E-state index in [9.17, 15) is 19.4 Å². The first-order chi connectivity index (χ1) is 8.61. The average Bonchev–Trinajstić information content (AvgIpc) is 2.39. The molecule has 6 nitrogen and oxygen atoms in total. The Balaban J connectivity index is 2.27. The maximum Gasteiger partial charge on any atom is 0.269 e. The van der Waals surface area contributed by atoms with Crippen LogP contribution in [0.25, 0.3) is 0 Å². The van der Waals surface area contributed by atoms with E-state index in [-0.39, 0.29) is 12.3 Å². The monoisotopic (exact) mass is 270 g/mol. The number of nitro benzene ring substituents is 1. The Morgan fingerprint density at radius 3 is 2.61 bits per heavy atom. The average molecular weight is 270 g/mol. The van der Waals surface area contributed by atoms with E-state index in [0.29, 0.717) is 30.2 Å². The van der Waals surface area contributed by atoms with Gasteiger partial charge in [0.2, 0.25) is 0 Å². The predicted molar refractivity (Wildman–Crippen MR) is 69.1 cm³/mol. The van der Waals surface area contributed by atoms with E-state index >= 15 is 0 Å². The van der Waals surface area contributed by atoms with Gasteiger partial charge in [0.25, 0.3) is 5.69 Å². The van der Waals surface area contributed by atoms with E-state index < -0.39 is 15.7 Å². The lowest BCUT2D eigenvalue weighted by molar-refractivity contribution is -0.384. The Hall–Kier alpha value is -1.47. The van der Waals surface area contributed by atoms with E-state index in [1.807, 2.05) is 4.90 Å². The topological polar surface area (TPSA) is 83.7 Å². The summed E-state index contributed by atoms with van der Waals surface area (Å²) in [5.74, 6) is 1.20. The van der Waals surface area contributed by atoms with Crippen LogP contribution < -0.4 is 4.90 Å². The van der Waals surface area contributed by atoms with Crippen molar-refractivity contribution >= 4 is 22.2 Å². The van der Waals surface area contributed by atoms with Gasteiger partial charge in [-0.05, 0) is 6.07 Å². The van der Waals surface area contributed by atoms with E-state index in [1.54, 1.807) is 6.07 Å². The second kappa shape index (κ2) is 5.45. The molecule has 1 heterocycles. The van der Waals surface area contributed by atoms with Crippen molar-refractivity contribution in [1.82, 2.24) is 0 Å². The summed E-state index contributed by atoms with van der Waals surface area (Å²) in [4.78, 5) is 12.2. The summed E-state index contributed by atoms with van der Waals surface area (Å²) in [6.07, 6.45) is 0. The quantitative estimate of drug-likeness (QED) is 0.644. The second-order valence-corrected chi connectivity index (χ2v) is 5.76. The van der Waals surface area contributed by atoms with Crippen molar-refractivity contribution in [2.45, 2.75) is 6.61 Å². The molecule has 98 valence electrons. The van der Waals surface area contributed by atoms with Crippen molar-refractivity contribution in [2.24, 2.45) is 0 Å². The Labute approximate surface area is 107 Å².